The van der Waals surface area contributed by atoms with Crippen molar-refractivity contribution < 1.29 is 0 Å². The number of benzene rings is 1. The van der Waals surface area contributed by atoms with Gasteiger partial charge in [-0.25, -0.2) is 0 Å². The van der Waals surface area contributed by atoms with Gasteiger partial charge in [-0.1, -0.05) is 27.5 Å². The third kappa shape index (κ3) is 1.36. The molecule has 0 radical (unpaired) electrons. The Hall–Kier alpha value is 0.190. The first-order valence-corrected chi connectivity index (χ1v) is 5.42. The molecule has 0 aliphatic rings. The van der Waals surface area contributed by atoms with Gasteiger partial charge in [0.05, 0.1) is 10.9 Å². The number of aromatic amines is 1. The summed E-state index contributed by atoms with van der Waals surface area (Å²) < 4.78 is 2.11. The molecule has 0 unspecified atom stereocenters. The van der Waals surface area contributed by atoms with E-state index < -0.39 is 0 Å². The lowest BCUT2D eigenvalue weighted by atomic mass is 10.3. The molecule has 0 saturated heterocycles. The van der Waals surface area contributed by atoms with E-state index in [4.69, 9.17) is 11.6 Å². The topological polar surface area (TPSA) is 28.7 Å². The molecule has 1 aromatic heterocycles. The van der Waals surface area contributed by atoms with Crippen LogP contribution in [0.2, 0.25) is 5.15 Å². The maximum Gasteiger partial charge on any atom is 0.133 e. The Morgan fingerprint density at radius 2 is 2.25 bits per heavy atom. The van der Waals surface area contributed by atoms with Gasteiger partial charge >= 0.3 is 0 Å². The lowest BCUT2D eigenvalue weighted by Crippen LogP contribution is -1.74. The molecule has 1 N–H and O–H groups in total. The van der Waals surface area contributed by atoms with Crippen LogP contribution in [-0.4, -0.2) is 10.2 Å². The van der Waals surface area contributed by atoms with E-state index in [1.54, 1.807) is 0 Å². The van der Waals surface area contributed by atoms with E-state index in [1.165, 1.54) is 0 Å². The van der Waals surface area contributed by atoms with E-state index in [2.05, 4.69) is 48.7 Å². The fourth-order valence-corrected chi connectivity index (χ4v) is 3.19. The molecule has 0 spiro atoms. The van der Waals surface area contributed by atoms with Gasteiger partial charge in [-0.05, 0) is 34.7 Å². The predicted octanol–water partition coefficient (Wildman–Crippen LogP) is 3.58. The van der Waals surface area contributed by atoms with Gasteiger partial charge in [-0.15, -0.1) is 0 Å². The fourth-order valence-electron chi connectivity index (χ4n) is 1.03. The molecule has 0 atom stereocenters. The van der Waals surface area contributed by atoms with Gasteiger partial charge in [0.2, 0.25) is 0 Å². The Morgan fingerprint density at radius 1 is 1.50 bits per heavy atom. The number of nitrogens with one attached hydrogen (secondary N) is 1. The minimum Gasteiger partial charge on any atom is -0.266 e. The smallest absolute Gasteiger partial charge is 0.133 e. The number of hydrogen-bond acceptors (Lipinski definition) is 1. The van der Waals surface area contributed by atoms with Crippen molar-refractivity contribution in [1.82, 2.24) is 10.2 Å². The van der Waals surface area contributed by atoms with Crippen molar-refractivity contribution in [2.45, 2.75) is 0 Å². The van der Waals surface area contributed by atoms with E-state index in [0.717, 1.165) is 18.9 Å². The average Bonchev–Trinajstić information content (AvgIpc) is 2.31. The predicted molar refractivity (Wildman–Crippen MR) is 61.5 cm³/mol. The highest BCUT2D eigenvalue weighted by Crippen LogP contribution is 2.28. The van der Waals surface area contributed by atoms with Gasteiger partial charge < -0.3 is 0 Å². The van der Waals surface area contributed by atoms with E-state index in [0.29, 0.717) is 5.15 Å². The molecule has 0 saturated carbocycles. The Balaban J connectivity index is 2.93. The summed E-state index contributed by atoms with van der Waals surface area (Å²) in [5.41, 5.74) is 0.888. The normalized spacial score (nSPS) is 10.9. The van der Waals surface area contributed by atoms with Crippen LogP contribution in [0.3, 0.4) is 0 Å². The number of H-pyrrole nitrogens is 1. The number of nitrogens with zero attached hydrogens (tertiary/aromatic N) is 1. The van der Waals surface area contributed by atoms with Gasteiger partial charge in [-0.3, -0.25) is 5.10 Å². The van der Waals surface area contributed by atoms with E-state index in [-0.39, 0.29) is 0 Å². The standard InChI is InChI=1S/C7H3BrClIN2/c8-3-1-4(10)6-5(2-3)11-12-7(6)9/h1-2H,(H,11,12). The second kappa shape index (κ2) is 3.16. The number of hydrogen-bond donors (Lipinski definition) is 1. The number of halogens is 3. The van der Waals surface area contributed by atoms with Crippen molar-refractivity contribution in [1.29, 1.82) is 0 Å². The van der Waals surface area contributed by atoms with E-state index in [1.807, 2.05) is 12.1 Å². The first-order valence-electron chi connectivity index (χ1n) is 3.17. The Bertz CT molecular complexity index is 440. The van der Waals surface area contributed by atoms with Crippen LogP contribution in [0.25, 0.3) is 10.9 Å². The van der Waals surface area contributed by atoms with Crippen LogP contribution in [0, 0.1) is 3.57 Å². The lowest BCUT2D eigenvalue weighted by molar-refractivity contribution is 1.12. The molecule has 2 rings (SSSR count). The summed E-state index contributed by atoms with van der Waals surface area (Å²) in [5, 5.41) is 8.37. The minimum atomic E-state index is 0.599. The summed E-state index contributed by atoms with van der Waals surface area (Å²) in [4.78, 5) is 0. The van der Waals surface area contributed by atoms with E-state index >= 15 is 0 Å². The zero-order valence-electron chi connectivity index (χ0n) is 5.74. The molecular formula is C7H3BrClIN2. The lowest BCUT2D eigenvalue weighted by Gasteiger charge is -1.94. The molecule has 0 bridgehead atoms. The molecule has 0 aliphatic carbocycles. The van der Waals surface area contributed by atoms with Crippen molar-refractivity contribution in [3.05, 3.63) is 25.3 Å². The average molecular weight is 357 g/mol. The highest BCUT2D eigenvalue weighted by molar-refractivity contribution is 14.1. The van der Waals surface area contributed by atoms with Gasteiger partial charge in [0.25, 0.3) is 0 Å². The van der Waals surface area contributed by atoms with Crippen LogP contribution in [0.4, 0.5) is 0 Å². The molecule has 0 amide bonds. The van der Waals surface area contributed by atoms with Crippen molar-refractivity contribution in [2.24, 2.45) is 0 Å². The monoisotopic (exact) mass is 356 g/mol. The minimum absolute atomic E-state index is 0.599. The van der Waals surface area contributed by atoms with Crippen LogP contribution in [0.5, 0.6) is 0 Å². The molecular weight excluding hydrogens is 354 g/mol. The summed E-state index contributed by atoms with van der Waals surface area (Å²) >= 11 is 11.5. The van der Waals surface area contributed by atoms with Gasteiger partial charge in [0, 0.05) is 8.04 Å². The molecule has 0 aliphatic heterocycles. The quantitative estimate of drug-likeness (QED) is 0.718. The Kier molecular flexibility index (Phi) is 2.31. The van der Waals surface area contributed by atoms with Crippen LogP contribution in [0.1, 0.15) is 0 Å². The molecule has 5 heteroatoms. The highest BCUT2D eigenvalue weighted by atomic mass is 127. The Labute approximate surface area is 95.9 Å². The van der Waals surface area contributed by atoms with Crippen molar-refractivity contribution >= 4 is 61.0 Å². The highest BCUT2D eigenvalue weighted by Gasteiger charge is 2.07. The molecule has 62 valence electrons. The van der Waals surface area contributed by atoms with Crippen LogP contribution >= 0.6 is 50.1 Å². The molecule has 2 nitrogen and oxygen atoms in total. The maximum absolute atomic E-state index is 5.89. The molecule has 1 heterocycles. The van der Waals surface area contributed by atoms with Gasteiger partial charge in [-0.2, -0.15) is 5.10 Å². The summed E-state index contributed by atoms with van der Waals surface area (Å²) in [6.45, 7) is 0. The SMILES string of the molecule is Clc1[nH]nc2cc(Br)cc(I)c12. The third-order valence-electron chi connectivity index (χ3n) is 1.53. The number of rotatable bonds is 0. The second-order valence-electron chi connectivity index (χ2n) is 2.32. The summed E-state index contributed by atoms with van der Waals surface area (Å²) in [7, 11) is 0. The summed E-state index contributed by atoms with van der Waals surface area (Å²) in [5.74, 6) is 0. The Morgan fingerprint density at radius 3 is 3.00 bits per heavy atom. The van der Waals surface area contributed by atoms with Crippen LogP contribution in [-0.2, 0) is 0 Å². The molecule has 12 heavy (non-hydrogen) atoms. The largest absolute Gasteiger partial charge is 0.266 e. The molecule has 0 fully saturated rings. The van der Waals surface area contributed by atoms with Gasteiger partial charge in [0.1, 0.15) is 5.15 Å². The van der Waals surface area contributed by atoms with Crippen LogP contribution < -0.4 is 0 Å². The number of aromatic nitrogens is 2. The zero-order valence-corrected chi connectivity index (χ0v) is 10.2. The van der Waals surface area contributed by atoms with Crippen molar-refractivity contribution in [3.8, 4) is 0 Å². The zero-order chi connectivity index (χ0) is 8.72. The molecule has 1 aromatic carbocycles. The van der Waals surface area contributed by atoms with Crippen molar-refractivity contribution in [3.63, 3.8) is 0 Å². The summed E-state index contributed by atoms with van der Waals surface area (Å²) in [6, 6.07) is 3.93. The molecule has 2 aromatic rings. The maximum atomic E-state index is 5.89. The second-order valence-corrected chi connectivity index (χ2v) is 4.78. The van der Waals surface area contributed by atoms with E-state index in [9.17, 15) is 0 Å². The fraction of sp³-hybridized carbons (Fsp3) is 0. The number of fused-ring (bicyclic) bond motifs is 1. The van der Waals surface area contributed by atoms with Crippen molar-refractivity contribution in [2.75, 3.05) is 0 Å². The van der Waals surface area contributed by atoms with Crippen LogP contribution in [0.15, 0.2) is 16.6 Å². The summed E-state index contributed by atoms with van der Waals surface area (Å²) in [6.07, 6.45) is 0. The van der Waals surface area contributed by atoms with Gasteiger partial charge in [0.15, 0.2) is 0 Å². The first-order chi connectivity index (χ1) is 5.68. The first kappa shape index (κ1) is 8.77. The third-order valence-corrected chi connectivity index (χ3v) is 3.11.